The van der Waals surface area contributed by atoms with Crippen molar-refractivity contribution in [3.63, 3.8) is 0 Å². The van der Waals surface area contributed by atoms with Crippen molar-refractivity contribution in [3.05, 3.63) is 71.4 Å². The van der Waals surface area contributed by atoms with Crippen LogP contribution in [0, 0.1) is 0 Å². The number of allylic oxidation sites excluding steroid dienone is 1. The summed E-state index contributed by atoms with van der Waals surface area (Å²) in [6.07, 6.45) is -1.13. The lowest BCUT2D eigenvalue weighted by atomic mass is 10.1. The van der Waals surface area contributed by atoms with E-state index in [1.54, 1.807) is 23.8 Å². The number of carbonyl (C=O) groups excluding carboxylic acids is 1. The lowest BCUT2D eigenvalue weighted by Crippen LogP contribution is -2.42. The highest BCUT2D eigenvalue weighted by atomic mass is 32.2. The molecule has 0 aliphatic carbocycles. The smallest absolute Gasteiger partial charge is 0.257 e. The van der Waals surface area contributed by atoms with Crippen LogP contribution in [-0.4, -0.2) is 61.2 Å². The third kappa shape index (κ3) is 4.83. The predicted octanol–water partition coefficient (Wildman–Crippen LogP) is 3.62. The lowest BCUT2D eigenvalue weighted by Gasteiger charge is -2.27. The highest BCUT2D eigenvalue weighted by Gasteiger charge is 2.37. The van der Waals surface area contributed by atoms with Crippen molar-refractivity contribution in [1.82, 2.24) is 9.80 Å². The SMILES string of the molecule is COc1ccc([C@H]2SC(c3ccccc3)=C(C)N(CCN(C)C)C(=O)[C@H]2O)cc1. The van der Waals surface area contributed by atoms with E-state index in [0.29, 0.717) is 6.54 Å². The summed E-state index contributed by atoms with van der Waals surface area (Å²) in [6, 6.07) is 17.6. The van der Waals surface area contributed by atoms with Crippen LogP contribution >= 0.6 is 11.8 Å². The first-order valence-corrected chi connectivity index (χ1v) is 10.5. The van der Waals surface area contributed by atoms with Crippen LogP contribution in [0.15, 0.2) is 60.3 Å². The Morgan fingerprint density at radius 2 is 1.76 bits per heavy atom. The summed E-state index contributed by atoms with van der Waals surface area (Å²) in [5.74, 6) is 0.486. The number of aliphatic hydroxyl groups excluding tert-OH is 1. The van der Waals surface area contributed by atoms with Gasteiger partial charge in [0, 0.05) is 23.7 Å². The Kier molecular flexibility index (Phi) is 7.00. The normalized spacial score (nSPS) is 20.2. The summed E-state index contributed by atoms with van der Waals surface area (Å²) in [6.45, 7) is 3.21. The van der Waals surface area contributed by atoms with Gasteiger partial charge in [-0.05, 0) is 44.3 Å². The number of nitrogens with zero attached hydrogens (tertiary/aromatic N) is 2. The minimum absolute atomic E-state index is 0.261. The number of hydrogen-bond acceptors (Lipinski definition) is 5. The zero-order chi connectivity index (χ0) is 21.0. The first-order valence-electron chi connectivity index (χ1n) is 9.63. The molecule has 2 aromatic rings. The van der Waals surface area contributed by atoms with Gasteiger partial charge in [0.2, 0.25) is 0 Å². The van der Waals surface area contributed by atoms with Crippen molar-refractivity contribution in [3.8, 4) is 5.75 Å². The number of benzene rings is 2. The number of rotatable bonds is 6. The summed E-state index contributed by atoms with van der Waals surface area (Å²) in [5, 5.41) is 10.6. The van der Waals surface area contributed by atoms with Crippen LogP contribution in [0.3, 0.4) is 0 Å². The molecule has 6 heteroatoms. The number of carbonyl (C=O) groups is 1. The van der Waals surface area contributed by atoms with E-state index in [2.05, 4.69) is 0 Å². The van der Waals surface area contributed by atoms with Gasteiger partial charge in [0.05, 0.1) is 12.4 Å². The van der Waals surface area contributed by atoms with Gasteiger partial charge in [-0.2, -0.15) is 0 Å². The summed E-state index contributed by atoms with van der Waals surface area (Å²) in [4.78, 5) is 18.0. The van der Waals surface area contributed by atoms with Gasteiger partial charge in [-0.1, -0.05) is 42.5 Å². The molecule has 1 heterocycles. The van der Waals surface area contributed by atoms with E-state index in [-0.39, 0.29) is 5.91 Å². The van der Waals surface area contributed by atoms with E-state index in [1.165, 1.54) is 0 Å². The molecular weight excluding hydrogens is 384 g/mol. The average Bonchev–Trinajstić information content (AvgIpc) is 2.82. The van der Waals surface area contributed by atoms with Crippen LogP contribution in [-0.2, 0) is 4.79 Å². The van der Waals surface area contributed by atoms with E-state index < -0.39 is 11.4 Å². The standard InChI is InChI=1S/C23H28N2O3S/c1-16-21(17-8-6-5-7-9-17)29-22(18-10-12-19(28-4)13-11-18)20(26)23(27)25(16)15-14-24(2)3/h5-13,20,22,26H,14-15H2,1-4H3/t20-,22+/m0/s1. The molecule has 2 atom stereocenters. The summed E-state index contributed by atoms with van der Waals surface area (Å²) in [5.41, 5.74) is 2.82. The molecule has 0 saturated carbocycles. The van der Waals surface area contributed by atoms with Crippen LogP contribution in [0.2, 0.25) is 0 Å². The molecule has 0 radical (unpaired) electrons. The molecule has 154 valence electrons. The molecule has 0 fully saturated rings. The Bertz CT molecular complexity index is 865. The van der Waals surface area contributed by atoms with E-state index >= 15 is 0 Å². The first-order chi connectivity index (χ1) is 13.9. The van der Waals surface area contributed by atoms with Gasteiger partial charge in [0.15, 0.2) is 0 Å². The fourth-order valence-electron chi connectivity index (χ4n) is 3.34. The van der Waals surface area contributed by atoms with Gasteiger partial charge in [-0.25, -0.2) is 0 Å². The van der Waals surface area contributed by atoms with Gasteiger partial charge in [-0.15, -0.1) is 11.8 Å². The Hall–Kier alpha value is -2.28. The monoisotopic (exact) mass is 412 g/mol. The Morgan fingerprint density at radius 1 is 1.10 bits per heavy atom. The molecule has 1 amide bonds. The number of amides is 1. The molecule has 5 nitrogen and oxygen atoms in total. The zero-order valence-corrected chi connectivity index (χ0v) is 18.1. The van der Waals surface area contributed by atoms with E-state index in [9.17, 15) is 9.90 Å². The Labute approximate surface area is 177 Å². The Balaban J connectivity index is 2.04. The topological polar surface area (TPSA) is 53.0 Å². The quantitative estimate of drug-likeness (QED) is 0.785. The summed E-state index contributed by atoms with van der Waals surface area (Å²) < 4.78 is 5.25. The number of ether oxygens (including phenoxy) is 1. The van der Waals surface area contributed by atoms with Gasteiger partial charge in [-0.3, -0.25) is 4.79 Å². The molecule has 1 N–H and O–H groups in total. The summed E-state index contributed by atoms with van der Waals surface area (Å²) >= 11 is 1.54. The van der Waals surface area contributed by atoms with E-state index in [0.717, 1.165) is 34.0 Å². The molecule has 1 aliphatic heterocycles. The predicted molar refractivity (Wildman–Crippen MR) is 119 cm³/mol. The van der Waals surface area contributed by atoms with Crippen molar-refractivity contribution >= 4 is 22.6 Å². The fraction of sp³-hybridized carbons (Fsp3) is 0.348. The maximum atomic E-state index is 13.2. The van der Waals surface area contributed by atoms with Crippen molar-refractivity contribution < 1.29 is 14.6 Å². The van der Waals surface area contributed by atoms with Crippen LogP contribution in [0.25, 0.3) is 4.91 Å². The number of thioether (sulfide) groups is 1. The highest BCUT2D eigenvalue weighted by molar-refractivity contribution is 8.08. The van der Waals surface area contributed by atoms with Crippen molar-refractivity contribution in [2.75, 3.05) is 34.3 Å². The molecular formula is C23H28N2O3S. The second-order valence-electron chi connectivity index (χ2n) is 7.33. The second kappa shape index (κ2) is 9.48. The van der Waals surface area contributed by atoms with Gasteiger partial charge >= 0.3 is 0 Å². The van der Waals surface area contributed by atoms with Crippen LogP contribution in [0.5, 0.6) is 5.75 Å². The largest absolute Gasteiger partial charge is 0.497 e. The summed E-state index contributed by atoms with van der Waals surface area (Å²) in [7, 11) is 5.57. The number of aliphatic hydroxyl groups is 1. The Morgan fingerprint density at radius 3 is 2.34 bits per heavy atom. The molecule has 0 saturated heterocycles. The molecule has 0 bridgehead atoms. The van der Waals surface area contributed by atoms with Gasteiger partial charge in [0.25, 0.3) is 5.91 Å². The number of likely N-dealkylation sites (N-methyl/N-ethyl adjacent to an activating group) is 1. The maximum Gasteiger partial charge on any atom is 0.257 e. The molecule has 2 aromatic carbocycles. The van der Waals surface area contributed by atoms with Crippen molar-refractivity contribution in [2.24, 2.45) is 0 Å². The van der Waals surface area contributed by atoms with Crippen LogP contribution in [0.4, 0.5) is 0 Å². The second-order valence-corrected chi connectivity index (χ2v) is 8.48. The van der Waals surface area contributed by atoms with Gasteiger partial charge < -0.3 is 19.6 Å². The fourth-order valence-corrected chi connectivity index (χ4v) is 4.69. The minimum Gasteiger partial charge on any atom is -0.497 e. The van der Waals surface area contributed by atoms with Crippen molar-refractivity contribution in [2.45, 2.75) is 18.3 Å². The third-order valence-electron chi connectivity index (χ3n) is 5.04. The average molecular weight is 413 g/mol. The maximum absolute atomic E-state index is 13.2. The zero-order valence-electron chi connectivity index (χ0n) is 17.3. The molecule has 29 heavy (non-hydrogen) atoms. The first kappa shape index (κ1) is 21.4. The third-order valence-corrected chi connectivity index (χ3v) is 6.59. The highest BCUT2D eigenvalue weighted by Crippen LogP contribution is 2.47. The molecule has 0 spiro atoms. The lowest BCUT2D eigenvalue weighted by molar-refractivity contribution is -0.138. The van der Waals surface area contributed by atoms with Gasteiger partial charge in [0.1, 0.15) is 11.9 Å². The molecule has 1 aliphatic rings. The molecule has 0 unspecified atom stereocenters. The van der Waals surface area contributed by atoms with E-state index in [1.807, 2.05) is 80.5 Å². The number of methoxy groups -OCH3 is 1. The minimum atomic E-state index is -1.13. The van der Waals surface area contributed by atoms with Crippen LogP contribution < -0.4 is 4.74 Å². The van der Waals surface area contributed by atoms with Crippen molar-refractivity contribution in [1.29, 1.82) is 0 Å². The van der Waals surface area contributed by atoms with E-state index in [4.69, 9.17) is 4.74 Å². The molecule has 3 rings (SSSR count). The molecule has 0 aromatic heterocycles. The van der Waals surface area contributed by atoms with Crippen LogP contribution in [0.1, 0.15) is 23.3 Å². The number of hydrogen-bond donors (Lipinski definition) is 1.